The summed E-state index contributed by atoms with van der Waals surface area (Å²) in [6, 6.07) is 5.85. The predicted molar refractivity (Wildman–Crippen MR) is 87.8 cm³/mol. The van der Waals surface area contributed by atoms with Crippen molar-refractivity contribution in [2.75, 3.05) is 6.61 Å². The molecule has 0 bridgehead atoms. The normalized spacial score (nSPS) is 19.0. The molecule has 0 aromatic heterocycles. The van der Waals surface area contributed by atoms with Crippen molar-refractivity contribution in [3.63, 3.8) is 0 Å². The first-order valence-corrected chi connectivity index (χ1v) is 7.63. The molecule has 4 N–H and O–H groups in total. The van der Waals surface area contributed by atoms with Gasteiger partial charge in [-0.2, -0.15) is 5.23 Å². The fraction of sp³-hybridized carbons (Fsp3) is 0.333. The lowest BCUT2D eigenvalue weighted by molar-refractivity contribution is -0.991. The Labute approximate surface area is 139 Å². The van der Waals surface area contributed by atoms with Gasteiger partial charge in [-0.3, -0.25) is 0 Å². The van der Waals surface area contributed by atoms with Crippen LogP contribution in [0.5, 0.6) is 0 Å². The van der Waals surface area contributed by atoms with Gasteiger partial charge in [0.05, 0.1) is 18.2 Å². The van der Waals surface area contributed by atoms with Crippen LogP contribution in [0.2, 0.25) is 0 Å². The van der Waals surface area contributed by atoms with Crippen LogP contribution in [0.25, 0.3) is 0 Å². The third-order valence-corrected chi connectivity index (χ3v) is 3.61. The Kier molecular flexibility index (Phi) is 5.67. The standard InChI is InChI=1S/C15H19N3O4S/c1-3-7-22-14(19)12-9(2)16-15(23)17-13(12)10-5-4-6-11(8-10)18(20)21/h4-6,8,13,18,20H,3,7H2,1-2H3,(H2,16,17,23). The average molecular weight is 337 g/mol. The van der Waals surface area contributed by atoms with Gasteiger partial charge in [-0.05, 0) is 31.1 Å². The van der Waals surface area contributed by atoms with E-state index in [9.17, 15) is 10.0 Å². The van der Waals surface area contributed by atoms with E-state index < -0.39 is 17.2 Å². The van der Waals surface area contributed by atoms with Crippen molar-refractivity contribution in [1.29, 1.82) is 0 Å². The number of nitrogens with one attached hydrogen (secondary N) is 3. The number of esters is 1. The quantitative estimate of drug-likeness (QED) is 0.359. The third kappa shape index (κ3) is 4.05. The molecule has 1 heterocycles. The van der Waals surface area contributed by atoms with Crippen LogP contribution in [-0.2, 0) is 9.53 Å². The van der Waals surface area contributed by atoms with Gasteiger partial charge in [-0.25, -0.2) is 10.0 Å². The second kappa shape index (κ2) is 7.51. The summed E-state index contributed by atoms with van der Waals surface area (Å²) < 4.78 is 5.23. The molecule has 1 aliphatic heterocycles. The van der Waals surface area contributed by atoms with Gasteiger partial charge in [0.25, 0.3) is 0 Å². The zero-order valence-corrected chi connectivity index (χ0v) is 13.7. The predicted octanol–water partition coefficient (Wildman–Crippen LogP) is 0.836. The number of ether oxygens (including phenoxy) is 1. The lowest BCUT2D eigenvalue weighted by Gasteiger charge is -2.30. The lowest BCUT2D eigenvalue weighted by Crippen LogP contribution is -2.99. The largest absolute Gasteiger partial charge is 0.595 e. The van der Waals surface area contributed by atoms with Crippen LogP contribution in [0.1, 0.15) is 31.9 Å². The minimum Gasteiger partial charge on any atom is -0.595 e. The number of hydrogen-bond donors (Lipinski definition) is 4. The summed E-state index contributed by atoms with van der Waals surface area (Å²) >= 11 is 5.15. The van der Waals surface area contributed by atoms with Gasteiger partial charge >= 0.3 is 5.97 Å². The van der Waals surface area contributed by atoms with Crippen molar-refractivity contribution in [2.45, 2.75) is 26.3 Å². The molecular weight excluding hydrogens is 318 g/mol. The Morgan fingerprint density at radius 1 is 1.52 bits per heavy atom. The summed E-state index contributed by atoms with van der Waals surface area (Å²) in [6.07, 6.45) is 0.719. The number of hydrogen-bond acceptors (Lipinski definition) is 5. The van der Waals surface area contributed by atoms with Crippen molar-refractivity contribution < 1.29 is 20.0 Å². The highest BCUT2D eigenvalue weighted by molar-refractivity contribution is 7.80. The van der Waals surface area contributed by atoms with Crippen molar-refractivity contribution >= 4 is 29.0 Å². The maximum absolute atomic E-state index is 12.4. The minimum atomic E-state index is -1.03. The summed E-state index contributed by atoms with van der Waals surface area (Å²) in [6.45, 7) is 3.97. The molecule has 0 radical (unpaired) electrons. The lowest BCUT2D eigenvalue weighted by atomic mass is 9.95. The molecule has 1 aromatic carbocycles. The number of benzene rings is 1. The SMILES string of the molecule is CCCOC(=O)C1=C(C)NC(=S)NC1c1cccc([NH+]([O-])O)c1. The van der Waals surface area contributed by atoms with Gasteiger partial charge in [0.2, 0.25) is 0 Å². The van der Waals surface area contributed by atoms with Gasteiger partial charge < -0.3 is 20.6 Å². The first-order valence-electron chi connectivity index (χ1n) is 7.22. The van der Waals surface area contributed by atoms with E-state index in [2.05, 4.69) is 10.6 Å². The number of quaternary nitrogens is 1. The third-order valence-electron chi connectivity index (χ3n) is 3.39. The van der Waals surface area contributed by atoms with Crippen LogP contribution in [-0.4, -0.2) is 22.9 Å². The van der Waals surface area contributed by atoms with Crippen LogP contribution >= 0.6 is 12.2 Å². The van der Waals surface area contributed by atoms with Gasteiger partial charge in [-0.15, -0.1) is 0 Å². The molecule has 7 nitrogen and oxygen atoms in total. The fourth-order valence-electron chi connectivity index (χ4n) is 2.34. The highest BCUT2D eigenvalue weighted by Gasteiger charge is 2.31. The van der Waals surface area contributed by atoms with Crippen LogP contribution in [0, 0.1) is 5.21 Å². The van der Waals surface area contributed by atoms with Crippen LogP contribution in [0.15, 0.2) is 35.5 Å². The summed E-state index contributed by atoms with van der Waals surface area (Å²) in [7, 11) is 0. The van der Waals surface area contributed by atoms with Crippen molar-refractivity contribution in [3.05, 3.63) is 46.3 Å². The van der Waals surface area contributed by atoms with Gasteiger partial charge in [-0.1, -0.05) is 19.1 Å². The molecule has 2 rings (SSSR count). The molecule has 124 valence electrons. The molecule has 1 aromatic rings. The second-order valence-corrected chi connectivity index (χ2v) is 5.54. The second-order valence-electron chi connectivity index (χ2n) is 5.14. The number of carbonyl (C=O) groups excluding carboxylic acids is 1. The van der Waals surface area contributed by atoms with E-state index in [1.807, 2.05) is 6.92 Å². The zero-order chi connectivity index (χ0) is 17.0. The van der Waals surface area contributed by atoms with Crippen molar-refractivity contribution in [2.24, 2.45) is 0 Å². The summed E-state index contributed by atoms with van der Waals surface area (Å²) in [5.74, 6) is -0.447. The van der Waals surface area contributed by atoms with Gasteiger partial charge in [0, 0.05) is 17.8 Å². The van der Waals surface area contributed by atoms with Crippen molar-refractivity contribution in [3.8, 4) is 0 Å². The van der Waals surface area contributed by atoms with E-state index >= 15 is 0 Å². The Balaban J connectivity index is 2.40. The Hall–Kier alpha value is -2.00. The maximum Gasteiger partial charge on any atom is 0.338 e. The summed E-state index contributed by atoms with van der Waals surface area (Å²) in [5, 5.41) is 25.6. The zero-order valence-electron chi connectivity index (χ0n) is 12.9. The molecule has 0 amide bonds. The summed E-state index contributed by atoms with van der Waals surface area (Å²) in [4.78, 5) is 12.4. The topological polar surface area (TPSA) is 98.1 Å². The van der Waals surface area contributed by atoms with Crippen LogP contribution in [0.3, 0.4) is 0 Å². The first-order chi connectivity index (χ1) is 10.9. The van der Waals surface area contributed by atoms with E-state index in [0.717, 1.165) is 6.42 Å². The summed E-state index contributed by atoms with van der Waals surface area (Å²) in [5.41, 5.74) is 1.78. The molecule has 8 heteroatoms. The van der Waals surface area contributed by atoms with Gasteiger partial charge in [0.1, 0.15) is 0 Å². The Morgan fingerprint density at radius 2 is 2.26 bits per heavy atom. The molecule has 23 heavy (non-hydrogen) atoms. The van der Waals surface area contributed by atoms with Gasteiger partial charge in [0.15, 0.2) is 10.8 Å². The monoisotopic (exact) mass is 337 g/mol. The molecule has 0 saturated heterocycles. The van der Waals surface area contributed by atoms with E-state index in [1.54, 1.807) is 19.1 Å². The molecule has 1 aliphatic rings. The maximum atomic E-state index is 12.4. The van der Waals surface area contributed by atoms with E-state index in [0.29, 0.717) is 28.6 Å². The number of carbonyl (C=O) groups is 1. The van der Waals surface area contributed by atoms with Crippen LogP contribution in [0.4, 0.5) is 5.69 Å². The molecule has 2 atom stereocenters. The number of allylic oxidation sites excluding steroid dienone is 1. The molecule has 2 unspecified atom stereocenters. The van der Waals surface area contributed by atoms with E-state index in [4.69, 9.17) is 22.2 Å². The number of thiocarbonyl (C=S) groups is 1. The average Bonchev–Trinajstić information content (AvgIpc) is 2.52. The highest BCUT2D eigenvalue weighted by Crippen LogP contribution is 2.28. The number of rotatable bonds is 5. The van der Waals surface area contributed by atoms with Crippen LogP contribution < -0.4 is 15.9 Å². The molecule has 0 aliphatic carbocycles. The molecule has 0 fully saturated rings. The smallest absolute Gasteiger partial charge is 0.338 e. The highest BCUT2D eigenvalue weighted by atomic mass is 32.1. The molecule has 0 spiro atoms. The Morgan fingerprint density at radius 3 is 2.91 bits per heavy atom. The molecular formula is C15H19N3O4S. The van der Waals surface area contributed by atoms with E-state index in [-0.39, 0.29) is 5.69 Å². The first kappa shape index (κ1) is 17.4. The Bertz CT molecular complexity index is 645. The van der Waals surface area contributed by atoms with E-state index in [1.165, 1.54) is 12.1 Å². The van der Waals surface area contributed by atoms with Crippen molar-refractivity contribution in [1.82, 2.24) is 10.6 Å². The minimum absolute atomic E-state index is 0.146. The fourth-order valence-corrected chi connectivity index (χ4v) is 2.61. The molecule has 0 saturated carbocycles.